The molecule has 0 fully saturated rings. The Hall–Kier alpha value is -1.43. The van der Waals surface area contributed by atoms with Crippen LogP contribution < -0.4 is 10.6 Å². The van der Waals surface area contributed by atoms with Gasteiger partial charge in [0.15, 0.2) is 5.11 Å². The summed E-state index contributed by atoms with van der Waals surface area (Å²) in [7, 11) is 4.18. The first-order chi connectivity index (χ1) is 10.2. The van der Waals surface area contributed by atoms with Gasteiger partial charge in [-0.3, -0.25) is 0 Å². The van der Waals surface area contributed by atoms with Gasteiger partial charge >= 0.3 is 0 Å². The molecule has 0 bridgehead atoms. The molecule has 0 radical (unpaired) electrons. The third-order valence-corrected chi connectivity index (χ3v) is 4.51. The fraction of sp³-hybridized carbons (Fsp3) is 0.312. The number of hydrogen-bond acceptors (Lipinski definition) is 3. The summed E-state index contributed by atoms with van der Waals surface area (Å²) in [5.74, 6) is 0. The highest BCUT2D eigenvalue weighted by molar-refractivity contribution is 7.80. The molecule has 112 valence electrons. The van der Waals surface area contributed by atoms with Crippen LogP contribution in [0.15, 0.2) is 47.8 Å². The highest BCUT2D eigenvalue weighted by Crippen LogP contribution is 2.22. The lowest BCUT2D eigenvalue weighted by Crippen LogP contribution is -2.39. The minimum atomic E-state index is 0.335. The first-order valence-electron chi connectivity index (χ1n) is 6.92. The van der Waals surface area contributed by atoms with Crippen molar-refractivity contribution in [1.82, 2.24) is 15.5 Å². The highest BCUT2D eigenvalue weighted by atomic mass is 32.1. The molecule has 3 nitrogen and oxygen atoms in total. The van der Waals surface area contributed by atoms with E-state index in [1.807, 2.05) is 18.2 Å². The molecule has 21 heavy (non-hydrogen) atoms. The summed E-state index contributed by atoms with van der Waals surface area (Å²) in [4.78, 5) is 3.55. The van der Waals surface area contributed by atoms with E-state index in [1.54, 1.807) is 11.3 Å². The van der Waals surface area contributed by atoms with Crippen LogP contribution in [0.25, 0.3) is 0 Å². The minimum Gasteiger partial charge on any atom is -0.361 e. The number of rotatable bonds is 6. The van der Waals surface area contributed by atoms with E-state index in [2.05, 4.69) is 59.3 Å². The highest BCUT2D eigenvalue weighted by Gasteiger charge is 2.15. The summed E-state index contributed by atoms with van der Waals surface area (Å²) in [5, 5.41) is 9.36. The predicted molar refractivity (Wildman–Crippen MR) is 94.6 cm³/mol. The Morgan fingerprint density at radius 2 is 1.90 bits per heavy atom. The molecule has 0 saturated carbocycles. The molecule has 1 aromatic carbocycles. The average molecular weight is 319 g/mol. The quantitative estimate of drug-likeness (QED) is 0.801. The van der Waals surface area contributed by atoms with Crippen LogP contribution in [-0.2, 0) is 6.54 Å². The molecular formula is C16H21N3S2. The molecule has 0 aliphatic carbocycles. The zero-order valence-corrected chi connectivity index (χ0v) is 14.0. The molecule has 2 aromatic rings. The maximum atomic E-state index is 5.35. The average Bonchev–Trinajstić information content (AvgIpc) is 3.00. The first-order valence-corrected chi connectivity index (χ1v) is 8.21. The number of benzene rings is 1. The third-order valence-electron chi connectivity index (χ3n) is 3.25. The summed E-state index contributed by atoms with van der Waals surface area (Å²) in [5.41, 5.74) is 1.23. The zero-order valence-electron chi connectivity index (χ0n) is 12.4. The van der Waals surface area contributed by atoms with E-state index in [-0.39, 0.29) is 0 Å². The molecular weight excluding hydrogens is 298 g/mol. The minimum absolute atomic E-state index is 0.335. The van der Waals surface area contributed by atoms with E-state index in [0.717, 1.165) is 13.1 Å². The van der Waals surface area contributed by atoms with Gasteiger partial charge in [-0.05, 0) is 43.3 Å². The van der Waals surface area contributed by atoms with Crippen molar-refractivity contribution in [3.05, 3.63) is 58.3 Å². The number of nitrogens with one attached hydrogen (secondary N) is 2. The number of nitrogens with zero attached hydrogens (tertiary/aromatic N) is 1. The zero-order chi connectivity index (χ0) is 15.1. The van der Waals surface area contributed by atoms with Gasteiger partial charge in [0.1, 0.15) is 0 Å². The molecule has 1 heterocycles. The smallest absolute Gasteiger partial charge is 0.166 e. The van der Waals surface area contributed by atoms with E-state index in [4.69, 9.17) is 12.2 Å². The fourth-order valence-corrected chi connectivity index (χ4v) is 3.13. The maximum Gasteiger partial charge on any atom is 0.166 e. The van der Waals surface area contributed by atoms with Crippen LogP contribution >= 0.6 is 23.6 Å². The van der Waals surface area contributed by atoms with Crippen LogP contribution in [0.4, 0.5) is 0 Å². The lowest BCUT2D eigenvalue weighted by atomic mass is 10.2. The second-order valence-electron chi connectivity index (χ2n) is 5.04. The molecule has 0 aliphatic rings. The normalized spacial score (nSPS) is 12.1. The van der Waals surface area contributed by atoms with Gasteiger partial charge < -0.3 is 15.5 Å². The van der Waals surface area contributed by atoms with Crippen molar-refractivity contribution in [3.8, 4) is 0 Å². The van der Waals surface area contributed by atoms with E-state index in [9.17, 15) is 0 Å². The second kappa shape index (κ2) is 8.12. The van der Waals surface area contributed by atoms with Crippen molar-refractivity contribution in [1.29, 1.82) is 0 Å². The molecule has 5 heteroatoms. The monoisotopic (exact) mass is 319 g/mol. The number of hydrogen-bond donors (Lipinski definition) is 2. The Kier molecular flexibility index (Phi) is 6.17. The van der Waals surface area contributed by atoms with Crippen molar-refractivity contribution < 1.29 is 0 Å². The first kappa shape index (κ1) is 15.9. The Morgan fingerprint density at radius 1 is 1.14 bits per heavy atom. The molecule has 0 aliphatic heterocycles. The van der Waals surface area contributed by atoms with Gasteiger partial charge in [-0.2, -0.15) is 0 Å². The van der Waals surface area contributed by atoms with Crippen LogP contribution in [0.2, 0.25) is 0 Å². The molecule has 0 unspecified atom stereocenters. The third kappa shape index (κ3) is 5.12. The van der Waals surface area contributed by atoms with Crippen molar-refractivity contribution >= 4 is 28.7 Å². The summed E-state index contributed by atoms with van der Waals surface area (Å²) in [6.07, 6.45) is 0. The van der Waals surface area contributed by atoms with E-state index in [0.29, 0.717) is 11.2 Å². The molecule has 0 spiro atoms. The van der Waals surface area contributed by atoms with Gasteiger partial charge in [0, 0.05) is 18.0 Å². The molecule has 2 rings (SSSR count). The van der Waals surface area contributed by atoms with Gasteiger partial charge in [-0.25, -0.2) is 0 Å². The fourth-order valence-electron chi connectivity index (χ4n) is 2.05. The molecule has 0 saturated heterocycles. The Morgan fingerprint density at radius 3 is 2.52 bits per heavy atom. The van der Waals surface area contributed by atoms with Crippen molar-refractivity contribution in [2.75, 3.05) is 20.6 Å². The molecule has 1 atom stereocenters. The Labute approximate surface area is 136 Å². The lowest BCUT2D eigenvalue weighted by Gasteiger charge is -2.24. The number of thiophene rings is 1. The summed E-state index contributed by atoms with van der Waals surface area (Å²) in [6, 6.07) is 14.8. The number of thiocarbonyl (C=S) groups is 1. The van der Waals surface area contributed by atoms with Gasteiger partial charge in [0.05, 0.1) is 6.04 Å². The van der Waals surface area contributed by atoms with Crippen LogP contribution in [-0.4, -0.2) is 30.7 Å². The molecule has 2 N–H and O–H groups in total. The predicted octanol–water partition coefficient (Wildman–Crippen LogP) is 3.02. The van der Waals surface area contributed by atoms with E-state index < -0.39 is 0 Å². The van der Waals surface area contributed by atoms with Crippen molar-refractivity contribution in [3.63, 3.8) is 0 Å². The largest absolute Gasteiger partial charge is 0.361 e. The van der Waals surface area contributed by atoms with Crippen molar-refractivity contribution in [2.24, 2.45) is 0 Å². The van der Waals surface area contributed by atoms with Gasteiger partial charge in [0.25, 0.3) is 0 Å². The van der Waals surface area contributed by atoms with Gasteiger partial charge in [-0.15, -0.1) is 11.3 Å². The summed E-state index contributed by atoms with van der Waals surface area (Å²) < 4.78 is 0. The van der Waals surface area contributed by atoms with E-state index in [1.165, 1.54) is 10.4 Å². The van der Waals surface area contributed by atoms with E-state index >= 15 is 0 Å². The topological polar surface area (TPSA) is 27.3 Å². The van der Waals surface area contributed by atoms with Gasteiger partial charge in [0.2, 0.25) is 0 Å². The molecule has 1 aromatic heterocycles. The summed E-state index contributed by atoms with van der Waals surface area (Å²) >= 11 is 7.13. The molecule has 0 amide bonds. The Bertz CT molecular complexity index is 538. The van der Waals surface area contributed by atoms with Crippen LogP contribution in [0.1, 0.15) is 16.5 Å². The van der Waals surface area contributed by atoms with Crippen LogP contribution in [0.5, 0.6) is 0 Å². The second-order valence-corrected chi connectivity index (χ2v) is 6.43. The lowest BCUT2D eigenvalue weighted by molar-refractivity contribution is 0.303. The van der Waals surface area contributed by atoms with Crippen LogP contribution in [0, 0.1) is 0 Å². The summed E-state index contributed by atoms with van der Waals surface area (Å²) in [6.45, 7) is 1.55. The maximum absolute atomic E-state index is 5.35. The van der Waals surface area contributed by atoms with Crippen molar-refractivity contribution in [2.45, 2.75) is 12.6 Å². The van der Waals surface area contributed by atoms with Crippen LogP contribution in [0.3, 0.4) is 0 Å². The Balaban J connectivity index is 1.80. The SMILES string of the molecule is CN(C)[C@@H](CNC(=S)NCc1ccccc1)c1cccs1. The van der Waals surface area contributed by atoms with Gasteiger partial charge in [-0.1, -0.05) is 36.4 Å². The standard InChI is InChI=1S/C16H21N3S2/c1-19(2)14(15-9-6-10-21-15)12-18-16(20)17-11-13-7-4-3-5-8-13/h3-10,14H,11-12H2,1-2H3,(H2,17,18,20)/t14-/m0/s1. The number of likely N-dealkylation sites (N-methyl/N-ethyl adjacent to an activating group) is 1.